The molecule has 0 saturated carbocycles. The summed E-state index contributed by atoms with van der Waals surface area (Å²) in [5.41, 5.74) is -0.0110. The third-order valence-electron chi connectivity index (χ3n) is 6.97. The summed E-state index contributed by atoms with van der Waals surface area (Å²) in [7, 11) is 0. The van der Waals surface area contributed by atoms with Gasteiger partial charge >= 0.3 is 0 Å². The van der Waals surface area contributed by atoms with Crippen LogP contribution in [0.2, 0.25) is 0 Å². The van der Waals surface area contributed by atoms with Gasteiger partial charge in [-0.15, -0.1) is 0 Å². The Morgan fingerprint density at radius 1 is 1.22 bits per heavy atom. The van der Waals surface area contributed by atoms with Gasteiger partial charge in [-0.3, -0.25) is 0 Å². The number of rotatable bonds is 5. The number of aryl methyl sites for hydroxylation is 1. The van der Waals surface area contributed by atoms with Crippen LogP contribution in [0.25, 0.3) is 10.9 Å². The maximum atomic E-state index is 14.8. The van der Waals surface area contributed by atoms with Gasteiger partial charge in [0.1, 0.15) is 28.8 Å². The minimum absolute atomic E-state index is 0.0762. The highest BCUT2D eigenvalue weighted by Gasteiger charge is 2.44. The second-order valence-corrected chi connectivity index (χ2v) is 10.0. The molecule has 3 atom stereocenters. The van der Waals surface area contributed by atoms with Crippen molar-refractivity contribution < 1.29 is 23.0 Å². The van der Waals surface area contributed by atoms with Gasteiger partial charge in [0, 0.05) is 29.6 Å². The number of hydrogen-bond acceptors (Lipinski definition) is 7. The molecular formula is C26H30F3N5O2. The van der Waals surface area contributed by atoms with Gasteiger partial charge in [0.15, 0.2) is 6.23 Å². The Labute approximate surface area is 207 Å². The second kappa shape index (κ2) is 9.08. The maximum Gasteiger partial charge on any atom is 0.266 e. The van der Waals surface area contributed by atoms with E-state index in [1.165, 1.54) is 12.1 Å². The fourth-order valence-electron chi connectivity index (χ4n) is 5.08. The van der Waals surface area contributed by atoms with Crippen LogP contribution in [-0.2, 0) is 0 Å². The van der Waals surface area contributed by atoms with Crippen molar-refractivity contribution in [2.45, 2.75) is 64.5 Å². The Bertz CT molecular complexity index is 1300. The van der Waals surface area contributed by atoms with E-state index in [-0.39, 0.29) is 11.6 Å². The molecular weight excluding hydrogens is 471 g/mol. The van der Waals surface area contributed by atoms with Crippen LogP contribution >= 0.6 is 0 Å². The van der Waals surface area contributed by atoms with Gasteiger partial charge in [0.05, 0.1) is 22.8 Å². The Morgan fingerprint density at radius 2 is 1.97 bits per heavy atom. The first-order valence-electron chi connectivity index (χ1n) is 12.1. The summed E-state index contributed by atoms with van der Waals surface area (Å²) < 4.78 is 47.5. The Kier molecular flexibility index (Phi) is 6.20. The van der Waals surface area contributed by atoms with Gasteiger partial charge in [-0.1, -0.05) is 18.2 Å². The average molecular weight is 502 g/mol. The van der Waals surface area contributed by atoms with E-state index in [4.69, 9.17) is 4.74 Å². The van der Waals surface area contributed by atoms with Crippen LogP contribution in [0.4, 0.5) is 24.7 Å². The highest BCUT2D eigenvalue weighted by molar-refractivity contribution is 5.94. The monoisotopic (exact) mass is 501 g/mol. The minimum atomic E-state index is -2.91. The van der Waals surface area contributed by atoms with Crippen molar-refractivity contribution in [1.29, 1.82) is 0 Å². The van der Waals surface area contributed by atoms with E-state index >= 15 is 0 Å². The standard InChI is InChI=1S/C26H30F3N5O2/c1-13(16-6-5-7-17(22(16)27)23(28)29)31-24-18-10-20-21(11-19(18)32-14(2)33-24)36-26(3,4)25(35)34(20)15-8-9-30-12-15/h5-7,10-11,13,15,23,25,30,35H,8-9,12H2,1-4H3,(H,31,32,33)/t13-,15?,25?/m1/s1. The maximum absolute atomic E-state index is 14.8. The first-order chi connectivity index (χ1) is 17.1. The lowest BCUT2D eigenvalue weighted by Crippen LogP contribution is -2.59. The molecule has 1 saturated heterocycles. The van der Waals surface area contributed by atoms with Gasteiger partial charge in [-0.05, 0) is 46.7 Å². The molecule has 7 nitrogen and oxygen atoms in total. The summed E-state index contributed by atoms with van der Waals surface area (Å²) in [4.78, 5) is 11.1. The number of alkyl halides is 2. The number of hydrogen-bond donors (Lipinski definition) is 3. The first-order valence-corrected chi connectivity index (χ1v) is 12.1. The predicted molar refractivity (Wildman–Crippen MR) is 132 cm³/mol. The topological polar surface area (TPSA) is 82.5 Å². The fourth-order valence-corrected chi connectivity index (χ4v) is 5.08. The number of aliphatic hydroxyl groups is 1. The van der Waals surface area contributed by atoms with Crippen LogP contribution in [0.15, 0.2) is 30.3 Å². The molecule has 0 radical (unpaired) electrons. The van der Waals surface area contributed by atoms with Crippen LogP contribution in [-0.4, -0.2) is 46.0 Å². The highest BCUT2D eigenvalue weighted by atomic mass is 19.3. The lowest BCUT2D eigenvalue weighted by atomic mass is 9.98. The lowest BCUT2D eigenvalue weighted by molar-refractivity contribution is -0.0440. The number of halogens is 3. The number of aliphatic hydroxyl groups excluding tert-OH is 1. The van der Waals surface area contributed by atoms with Crippen molar-refractivity contribution >= 4 is 22.4 Å². The summed E-state index contributed by atoms with van der Waals surface area (Å²) in [6, 6.07) is 7.13. The smallest absolute Gasteiger partial charge is 0.266 e. The zero-order chi connectivity index (χ0) is 25.8. The van der Waals surface area contributed by atoms with Crippen molar-refractivity contribution in [2.24, 2.45) is 0 Å². The third kappa shape index (κ3) is 4.22. The van der Waals surface area contributed by atoms with Crippen molar-refractivity contribution in [3.63, 3.8) is 0 Å². The Balaban J connectivity index is 1.59. The van der Waals surface area contributed by atoms with Gasteiger partial charge in [-0.25, -0.2) is 23.1 Å². The largest absolute Gasteiger partial charge is 0.481 e. The number of aromatic nitrogens is 2. The molecule has 36 heavy (non-hydrogen) atoms. The van der Waals surface area contributed by atoms with Crippen LogP contribution < -0.4 is 20.3 Å². The van der Waals surface area contributed by atoms with Gasteiger partial charge in [0.25, 0.3) is 6.43 Å². The minimum Gasteiger partial charge on any atom is -0.481 e. The quantitative estimate of drug-likeness (QED) is 0.461. The van der Waals surface area contributed by atoms with Crippen molar-refractivity contribution in [3.8, 4) is 5.75 Å². The molecule has 192 valence electrons. The molecule has 2 aromatic carbocycles. The molecule has 2 aliphatic rings. The molecule has 3 N–H and O–H groups in total. The average Bonchev–Trinajstić information content (AvgIpc) is 3.33. The fraction of sp³-hybridized carbons (Fsp3) is 0.462. The van der Waals surface area contributed by atoms with Gasteiger partial charge in [0.2, 0.25) is 0 Å². The molecule has 2 aliphatic heterocycles. The van der Waals surface area contributed by atoms with E-state index in [1.807, 2.05) is 30.9 Å². The van der Waals surface area contributed by atoms with Crippen molar-refractivity contribution in [3.05, 3.63) is 53.1 Å². The molecule has 1 aromatic heterocycles. The summed E-state index contributed by atoms with van der Waals surface area (Å²) in [5, 5.41) is 18.4. The van der Waals surface area contributed by atoms with E-state index in [2.05, 4.69) is 20.6 Å². The normalized spacial score (nSPS) is 22.0. The van der Waals surface area contributed by atoms with Crippen LogP contribution in [0, 0.1) is 12.7 Å². The molecule has 1 fully saturated rings. The second-order valence-electron chi connectivity index (χ2n) is 10.0. The molecule has 0 spiro atoms. The highest BCUT2D eigenvalue weighted by Crippen LogP contribution is 2.44. The van der Waals surface area contributed by atoms with E-state index in [9.17, 15) is 18.3 Å². The molecule has 3 aromatic rings. The zero-order valence-electron chi connectivity index (χ0n) is 20.6. The molecule has 0 amide bonds. The third-order valence-corrected chi connectivity index (χ3v) is 6.97. The first kappa shape index (κ1) is 24.6. The SMILES string of the molecule is Cc1nc(N[C@H](C)c2cccc(C(F)F)c2F)c2cc3c(cc2n1)OC(C)(C)C(O)N3C1CCNC1. The summed E-state index contributed by atoms with van der Waals surface area (Å²) in [6.07, 6.45) is -2.91. The molecule has 0 bridgehead atoms. The van der Waals surface area contributed by atoms with E-state index in [0.717, 1.165) is 31.3 Å². The number of nitrogens with zero attached hydrogens (tertiary/aromatic N) is 3. The van der Waals surface area contributed by atoms with Gasteiger partial charge in [-0.2, -0.15) is 0 Å². The predicted octanol–water partition coefficient (Wildman–Crippen LogP) is 4.85. The number of ether oxygens (including phenoxy) is 1. The van der Waals surface area contributed by atoms with Crippen LogP contribution in [0.3, 0.4) is 0 Å². The van der Waals surface area contributed by atoms with Crippen molar-refractivity contribution in [1.82, 2.24) is 15.3 Å². The zero-order valence-corrected chi connectivity index (χ0v) is 20.6. The van der Waals surface area contributed by atoms with E-state index in [1.54, 1.807) is 13.8 Å². The summed E-state index contributed by atoms with van der Waals surface area (Å²) >= 11 is 0. The van der Waals surface area contributed by atoms with Crippen LogP contribution in [0.1, 0.15) is 56.6 Å². The summed E-state index contributed by atoms with van der Waals surface area (Å²) in [6.45, 7) is 8.73. The van der Waals surface area contributed by atoms with Crippen molar-refractivity contribution in [2.75, 3.05) is 23.3 Å². The molecule has 2 unspecified atom stereocenters. The molecule has 5 rings (SSSR count). The number of fused-ring (bicyclic) bond motifs is 2. The lowest BCUT2D eigenvalue weighted by Gasteiger charge is -2.47. The number of nitrogens with one attached hydrogen (secondary N) is 2. The van der Waals surface area contributed by atoms with E-state index in [0.29, 0.717) is 28.3 Å². The Morgan fingerprint density at radius 3 is 2.67 bits per heavy atom. The number of anilines is 2. The summed E-state index contributed by atoms with van der Waals surface area (Å²) in [5.74, 6) is 0.612. The molecule has 0 aliphatic carbocycles. The van der Waals surface area contributed by atoms with Crippen LogP contribution in [0.5, 0.6) is 5.75 Å². The Hall–Kier alpha value is -3.11. The van der Waals surface area contributed by atoms with E-state index < -0.39 is 35.7 Å². The van der Waals surface area contributed by atoms with Gasteiger partial charge < -0.3 is 25.4 Å². The molecule has 3 heterocycles. The number of benzene rings is 2. The molecule has 10 heteroatoms.